The van der Waals surface area contributed by atoms with Crippen LogP contribution in [-0.2, 0) is 4.79 Å². The number of carbonyl (C=O) groups is 1. The van der Waals surface area contributed by atoms with Crippen LogP contribution in [0.3, 0.4) is 0 Å². The number of aromatic nitrogens is 1. The molecule has 3 N–H and O–H groups in total. The Balaban J connectivity index is 1.89. The van der Waals surface area contributed by atoms with E-state index in [1.165, 1.54) is 23.1 Å². The zero-order chi connectivity index (χ0) is 13.8. The van der Waals surface area contributed by atoms with Crippen LogP contribution >= 0.6 is 39.0 Å². The molecule has 0 spiro atoms. The van der Waals surface area contributed by atoms with Gasteiger partial charge >= 0.3 is 0 Å². The van der Waals surface area contributed by atoms with E-state index in [1.54, 1.807) is 0 Å². The third-order valence-electron chi connectivity index (χ3n) is 2.20. The number of nitrogens with zero attached hydrogens (tertiary/aromatic N) is 1. The van der Waals surface area contributed by atoms with Gasteiger partial charge < -0.3 is 11.1 Å². The first kappa shape index (κ1) is 14.4. The maximum absolute atomic E-state index is 11.8. The summed E-state index contributed by atoms with van der Waals surface area (Å²) in [6.45, 7) is 1.89. The molecule has 7 heteroatoms. The Morgan fingerprint density at radius 1 is 1.58 bits per heavy atom. The molecule has 0 radical (unpaired) electrons. The number of hydrogen-bond acceptors (Lipinski definition) is 5. The first-order valence-corrected chi connectivity index (χ1v) is 8.10. The van der Waals surface area contributed by atoms with E-state index in [0.717, 1.165) is 15.1 Å². The topological polar surface area (TPSA) is 68.0 Å². The van der Waals surface area contributed by atoms with Gasteiger partial charge in [0.1, 0.15) is 0 Å². The number of aryl methyl sites for hydroxylation is 1. The number of nitrogen functional groups attached to an aromatic ring is 1. The van der Waals surface area contributed by atoms with Gasteiger partial charge in [0.25, 0.3) is 0 Å². The predicted octanol–water partition coefficient (Wildman–Crippen LogP) is 3.53. The maximum atomic E-state index is 11.8. The highest BCUT2D eigenvalue weighted by molar-refractivity contribution is 9.10. The Morgan fingerprint density at radius 3 is 3.00 bits per heavy atom. The van der Waals surface area contributed by atoms with Crippen LogP contribution in [0.2, 0.25) is 0 Å². The fourth-order valence-corrected chi connectivity index (χ4v) is 3.19. The first-order chi connectivity index (χ1) is 9.04. The van der Waals surface area contributed by atoms with Gasteiger partial charge in [-0.2, -0.15) is 0 Å². The molecule has 0 atom stereocenters. The third kappa shape index (κ3) is 4.22. The Kier molecular flexibility index (Phi) is 4.84. The van der Waals surface area contributed by atoms with Gasteiger partial charge in [0, 0.05) is 20.4 Å². The number of nitrogens with one attached hydrogen (secondary N) is 1. The van der Waals surface area contributed by atoms with Crippen molar-refractivity contribution in [3.63, 3.8) is 0 Å². The molecule has 0 aliphatic carbocycles. The minimum atomic E-state index is -0.0818. The number of thioether (sulfide) groups is 1. The summed E-state index contributed by atoms with van der Waals surface area (Å²) in [5.41, 5.74) is 7.44. The lowest BCUT2D eigenvalue weighted by Crippen LogP contribution is -2.13. The summed E-state index contributed by atoms with van der Waals surface area (Å²) in [6, 6.07) is 5.62. The van der Waals surface area contributed by atoms with Gasteiger partial charge in [-0.3, -0.25) is 4.79 Å². The number of amides is 1. The van der Waals surface area contributed by atoms with E-state index in [4.69, 9.17) is 5.73 Å². The minimum absolute atomic E-state index is 0.0818. The molecule has 4 nitrogen and oxygen atoms in total. The molecule has 0 saturated heterocycles. The van der Waals surface area contributed by atoms with Crippen molar-refractivity contribution in [3.8, 4) is 0 Å². The summed E-state index contributed by atoms with van der Waals surface area (Å²) in [5, 5.41) is 5.29. The molecule has 2 rings (SSSR count). The van der Waals surface area contributed by atoms with Crippen LogP contribution in [0.25, 0.3) is 0 Å². The molecule has 19 heavy (non-hydrogen) atoms. The molecule has 2 aromatic rings. The standard InChI is InChI=1S/C12H12BrN3OS2/c1-7-5-19-12(15-7)16-11(17)6-18-10-3-2-8(13)4-9(10)14/h2-5H,6,14H2,1H3,(H,15,16,17). The molecule has 1 heterocycles. The zero-order valence-corrected chi connectivity index (χ0v) is 13.4. The second kappa shape index (κ2) is 6.40. The van der Waals surface area contributed by atoms with Gasteiger partial charge in [0.2, 0.25) is 5.91 Å². The van der Waals surface area contributed by atoms with Crippen LogP contribution in [0.5, 0.6) is 0 Å². The highest BCUT2D eigenvalue weighted by Crippen LogP contribution is 2.28. The van der Waals surface area contributed by atoms with Gasteiger partial charge in [0.05, 0.1) is 11.4 Å². The van der Waals surface area contributed by atoms with Crippen LogP contribution in [0.1, 0.15) is 5.69 Å². The van der Waals surface area contributed by atoms with Crippen LogP contribution in [-0.4, -0.2) is 16.6 Å². The molecular formula is C12H12BrN3OS2. The van der Waals surface area contributed by atoms with Gasteiger partial charge in [-0.25, -0.2) is 4.98 Å². The monoisotopic (exact) mass is 357 g/mol. The normalized spacial score (nSPS) is 10.4. The Bertz CT molecular complexity index is 600. The van der Waals surface area contributed by atoms with E-state index >= 15 is 0 Å². The van der Waals surface area contributed by atoms with Gasteiger partial charge in [-0.1, -0.05) is 15.9 Å². The number of rotatable bonds is 4. The molecule has 0 bridgehead atoms. The summed E-state index contributed by atoms with van der Waals surface area (Å²) >= 11 is 6.18. The molecule has 1 aromatic heterocycles. The number of hydrogen-bond donors (Lipinski definition) is 2. The van der Waals surface area contributed by atoms with Crippen molar-refractivity contribution < 1.29 is 4.79 Å². The lowest BCUT2D eigenvalue weighted by molar-refractivity contribution is -0.113. The van der Waals surface area contributed by atoms with Crippen molar-refractivity contribution in [2.24, 2.45) is 0 Å². The SMILES string of the molecule is Cc1csc(NC(=O)CSc2ccc(Br)cc2N)n1. The van der Waals surface area contributed by atoms with E-state index in [2.05, 4.69) is 26.2 Å². The highest BCUT2D eigenvalue weighted by atomic mass is 79.9. The average Bonchev–Trinajstić information content (AvgIpc) is 2.73. The molecule has 1 amide bonds. The first-order valence-electron chi connectivity index (χ1n) is 5.44. The second-order valence-corrected chi connectivity index (χ2v) is 6.60. The minimum Gasteiger partial charge on any atom is -0.398 e. The van der Waals surface area contributed by atoms with Crippen LogP contribution in [0, 0.1) is 6.92 Å². The average molecular weight is 358 g/mol. The van der Waals surface area contributed by atoms with E-state index in [1.807, 2.05) is 30.5 Å². The van der Waals surface area contributed by atoms with Crippen LogP contribution < -0.4 is 11.1 Å². The molecule has 1 aromatic carbocycles. The molecular weight excluding hydrogens is 346 g/mol. The van der Waals surface area contributed by atoms with Gasteiger partial charge in [-0.05, 0) is 25.1 Å². The number of anilines is 2. The molecule has 100 valence electrons. The van der Waals surface area contributed by atoms with Crippen molar-refractivity contribution in [2.75, 3.05) is 16.8 Å². The van der Waals surface area contributed by atoms with Gasteiger partial charge in [-0.15, -0.1) is 23.1 Å². The zero-order valence-electron chi connectivity index (χ0n) is 10.1. The summed E-state index contributed by atoms with van der Waals surface area (Å²) in [5.74, 6) is 0.228. The molecule has 0 saturated carbocycles. The summed E-state index contributed by atoms with van der Waals surface area (Å²) in [4.78, 5) is 16.8. The summed E-state index contributed by atoms with van der Waals surface area (Å²) in [6.07, 6.45) is 0. The number of nitrogens with two attached hydrogens (primary N) is 1. The quantitative estimate of drug-likeness (QED) is 0.648. The largest absolute Gasteiger partial charge is 0.398 e. The van der Waals surface area contributed by atoms with Crippen molar-refractivity contribution in [1.29, 1.82) is 0 Å². The van der Waals surface area contributed by atoms with Gasteiger partial charge in [0.15, 0.2) is 5.13 Å². The van der Waals surface area contributed by atoms with E-state index in [0.29, 0.717) is 16.6 Å². The van der Waals surface area contributed by atoms with Crippen molar-refractivity contribution >= 4 is 55.8 Å². The van der Waals surface area contributed by atoms with Crippen molar-refractivity contribution in [2.45, 2.75) is 11.8 Å². The lowest BCUT2D eigenvalue weighted by Gasteiger charge is -2.05. The Labute approximate surface area is 127 Å². The van der Waals surface area contributed by atoms with E-state index in [-0.39, 0.29) is 5.91 Å². The fourth-order valence-electron chi connectivity index (χ4n) is 1.36. The number of halogens is 1. The summed E-state index contributed by atoms with van der Waals surface area (Å²) < 4.78 is 0.928. The van der Waals surface area contributed by atoms with Crippen LogP contribution in [0.15, 0.2) is 32.9 Å². The fraction of sp³-hybridized carbons (Fsp3) is 0.167. The van der Waals surface area contributed by atoms with Crippen molar-refractivity contribution in [1.82, 2.24) is 4.98 Å². The van der Waals surface area contributed by atoms with Crippen molar-refractivity contribution in [3.05, 3.63) is 33.7 Å². The number of thiazole rings is 1. The molecule has 0 aliphatic rings. The molecule has 0 fully saturated rings. The number of benzene rings is 1. The highest BCUT2D eigenvalue weighted by Gasteiger charge is 2.08. The Hall–Kier alpha value is -1.05. The van der Waals surface area contributed by atoms with E-state index in [9.17, 15) is 4.79 Å². The third-order valence-corrected chi connectivity index (χ3v) is 4.65. The molecule has 0 aliphatic heterocycles. The number of carbonyl (C=O) groups excluding carboxylic acids is 1. The van der Waals surface area contributed by atoms with Crippen LogP contribution in [0.4, 0.5) is 10.8 Å². The van der Waals surface area contributed by atoms with E-state index < -0.39 is 0 Å². The predicted molar refractivity (Wildman–Crippen MR) is 84.8 cm³/mol. The smallest absolute Gasteiger partial charge is 0.236 e. The summed E-state index contributed by atoms with van der Waals surface area (Å²) in [7, 11) is 0. The lowest BCUT2D eigenvalue weighted by atomic mass is 10.3. The maximum Gasteiger partial charge on any atom is 0.236 e. The molecule has 0 unspecified atom stereocenters. The Morgan fingerprint density at radius 2 is 2.37 bits per heavy atom. The second-order valence-electron chi connectivity index (χ2n) is 3.81.